The van der Waals surface area contributed by atoms with Crippen LogP contribution < -0.4 is 10.5 Å². The normalized spacial score (nSPS) is 10.5. The van der Waals surface area contributed by atoms with Crippen LogP contribution in [0.25, 0.3) is 0 Å². The van der Waals surface area contributed by atoms with Gasteiger partial charge in [0, 0.05) is 17.3 Å². The molecule has 0 saturated heterocycles. The molecule has 0 aromatic carbocycles. The molecule has 1 heterocycles. The summed E-state index contributed by atoms with van der Waals surface area (Å²) in [5.41, 5.74) is 5.61. The van der Waals surface area contributed by atoms with Gasteiger partial charge < -0.3 is 10.5 Å². The number of ether oxygens (including phenoxy) is 1. The van der Waals surface area contributed by atoms with Crippen LogP contribution in [-0.2, 0) is 0 Å². The topological polar surface area (TPSA) is 48.1 Å². The zero-order valence-electron chi connectivity index (χ0n) is 7.34. The van der Waals surface area contributed by atoms with Crippen molar-refractivity contribution < 1.29 is 13.5 Å². The summed E-state index contributed by atoms with van der Waals surface area (Å²) in [6.07, 6.45) is -1.49. The summed E-state index contributed by atoms with van der Waals surface area (Å²) >= 11 is 0. The molecule has 0 bridgehead atoms. The number of methoxy groups -OCH3 is 1. The van der Waals surface area contributed by atoms with Crippen molar-refractivity contribution in [1.82, 2.24) is 4.98 Å². The molecule has 0 amide bonds. The van der Waals surface area contributed by atoms with Crippen molar-refractivity contribution >= 4 is 5.82 Å². The van der Waals surface area contributed by atoms with E-state index in [-0.39, 0.29) is 17.1 Å². The van der Waals surface area contributed by atoms with E-state index in [0.29, 0.717) is 5.56 Å². The Balaban J connectivity index is 3.27. The molecule has 0 aliphatic rings. The fourth-order valence-corrected chi connectivity index (χ4v) is 1.10. The SMILES string of the molecule is COc1c(N)ncc(C(F)F)c1C. The third-order valence-electron chi connectivity index (χ3n) is 1.79. The lowest BCUT2D eigenvalue weighted by molar-refractivity contribution is 0.149. The third-order valence-corrected chi connectivity index (χ3v) is 1.79. The number of alkyl halides is 2. The Morgan fingerprint density at radius 2 is 2.15 bits per heavy atom. The van der Waals surface area contributed by atoms with Gasteiger partial charge in [0.1, 0.15) is 0 Å². The van der Waals surface area contributed by atoms with E-state index in [1.807, 2.05) is 0 Å². The minimum Gasteiger partial charge on any atom is -0.493 e. The van der Waals surface area contributed by atoms with Gasteiger partial charge >= 0.3 is 0 Å². The predicted octanol–water partition coefficient (Wildman–Crippen LogP) is 1.92. The van der Waals surface area contributed by atoms with Gasteiger partial charge in [0.25, 0.3) is 6.43 Å². The van der Waals surface area contributed by atoms with Crippen molar-refractivity contribution in [2.45, 2.75) is 13.3 Å². The lowest BCUT2D eigenvalue weighted by Gasteiger charge is -2.10. The number of aromatic nitrogens is 1. The van der Waals surface area contributed by atoms with Gasteiger partial charge in [-0.1, -0.05) is 0 Å². The first kappa shape index (κ1) is 9.70. The fraction of sp³-hybridized carbons (Fsp3) is 0.375. The summed E-state index contributed by atoms with van der Waals surface area (Å²) in [6, 6.07) is 0. The average Bonchev–Trinajstić information content (AvgIpc) is 2.04. The summed E-state index contributed by atoms with van der Waals surface area (Å²) in [5, 5.41) is 0. The van der Waals surface area contributed by atoms with Crippen molar-refractivity contribution in [1.29, 1.82) is 0 Å². The van der Waals surface area contributed by atoms with Crippen LogP contribution in [0.15, 0.2) is 6.20 Å². The second kappa shape index (κ2) is 3.55. The van der Waals surface area contributed by atoms with Crippen LogP contribution in [-0.4, -0.2) is 12.1 Å². The molecule has 0 fully saturated rings. The van der Waals surface area contributed by atoms with Crippen molar-refractivity contribution in [3.05, 3.63) is 17.3 Å². The molecular weight excluding hydrogens is 178 g/mol. The fourth-order valence-electron chi connectivity index (χ4n) is 1.10. The molecule has 3 nitrogen and oxygen atoms in total. The van der Waals surface area contributed by atoms with Gasteiger partial charge in [-0.3, -0.25) is 0 Å². The van der Waals surface area contributed by atoms with Gasteiger partial charge in [0.2, 0.25) is 0 Å². The van der Waals surface area contributed by atoms with E-state index in [2.05, 4.69) is 4.98 Å². The molecule has 0 unspecified atom stereocenters. The first-order chi connectivity index (χ1) is 6.07. The first-order valence-electron chi connectivity index (χ1n) is 3.65. The summed E-state index contributed by atoms with van der Waals surface area (Å²) in [4.78, 5) is 3.60. The molecule has 1 rings (SSSR count). The molecule has 5 heteroatoms. The van der Waals surface area contributed by atoms with Crippen LogP contribution in [0.2, 0.25) is 0 Å². The van der Waals surface area contributed by atoms with Gasteiger partial charge in [0.05, 0.1) is 7.11 Å². The Bertz CT molecular complexity index is 315. The first-order valence-corrected chi connectivity index (χ1v) is 3.65. The molecular formula is C8H10F2N2O. The number of hydrogen-bond donors (Lipinski definition) is 1. The third kappa shape index (κ3) is 1.68. The van der Waals surface area contributed by atoms with Crippen LogP contribution in [0.1, 0.15) is 17.6 Å². The molecule has 13 heavy (non-hydrogen) atoms. The quantitative estimate of drug-likeness (QED) is 0.771. The highest BCUT2D eigenvalue weighted by Gasteiger charge is 2.16. The second-order valence-corrected chi connectivity index (χ2v) is 2.56. The summed E-state index contributed by atoms with van der Waals surface area (Å²) in [6.45, 7) is 1.53. The number of anilines is 1. The summed E-state index contributed by atoms with van der Waals surface area (Å²) in [5.74, 6) is 0.349. The summed E-state index contributed by atoms with van der Waals surface area (Å²) < 4.78 is 29.5. The molecule has 0 atom stereocenters. The number of hydrogen-bond acceptors (Lipinski definition) is 3. The van der Waals surface area contributed by atoms with Crippen molar-refractivity contribution in [3.8, 4) is 5.75 Å². The van der Waals surface area contributed by atoms with E-state index in [1.54, 1.807) is 0 Å². The van der Waals surface area contributed by atoms with E-state index in [4.69, 9.17) is 10.5 Å². The number of rotatable bonds is 2. The maximum absolute atomic E-state index is 12.3. The number of nitrogen functional groups attached to an aromatic ring is 1. The van der Waals surface area contributed by atoms with Crippen LogP contribution in [0, 0.1) is 6.92 Å². The highest BCUT2D eigenvalue weighted by molar-refractivity contribution is 5.53. The Labute approximate surface area is 74.5 Å². The minimum absolute atomic E-state index is 0.129. The van der Waals surface area contributed by atoms with Gasteiger partial charge in [-0.25, -0.2) is 13.8 Å². The molecule has 1 aromatic heterocycles. The van der Waals surface area contributed by atoms with Gasteiger partial charge in [-0.05, 0) is 6.92 Å². The molecule has 2 N–H and O–H groups in total. The lowest BCUT2D eigenvalue weighted by Crippen LogP contribution is -2.01. The zero-order chi connectivity index (χ0) is 10.0. The number of halogens is 2. The molecule has 0 aliphatic heterocycles. The lowest BCUT2D eigenvalue weighted by atomic mass is 10.1. The van der Waals surface area contributed by atoms with E-state index in [1.165, 1.54) is 14.0 Å². The summed E-state index contributed by atoms with van der Waals surface area (Å²) in [7, 11) is 1.37. The molecule has 0 saturated carbocycles. The largest absolute Gasteiger partial charge is 0.493 e. The van der Waals surface area contributed by atoms with Crippen LogP contribution in [0.5, 0.6) is 5.75 Å². The standard InChI is InChI=1S/C8H10F2N2O/c1-4-5(7(9)10)3-12-8(11)6(4)13-2/h3,7H,1-2H3,(H2,11,12). The number of nitrogens with two attached hydrogens (primary N) is 1. The van der Waals surface area contributed by atoms with E-state index < -0.39 is 6.43 Å². The maximum atomic E-state index is 12.3. The van der Waals surface area contributed by atoms with Crippen molar-refractivity contribution in [2.75, 3.05) is 12.8 Å². The molecule has 1 aromatic rings. The maximum Gasteiger partial charge on any atom is 0.265 e. The van der Waals surface area contributed by atoms with Gasteiger partial charge in [-0.2, -0.15) is 0 Å². The molecule has 0 radical (unpaired) electrons. The monoisotopic (exact) mass is 188 g/mol. The van der Waals surface area contributed by atoms with Crippen molar-refractivity contribution in [2.24, 2.45) is 0 Å². The van der Waals surface area contributed by atoms with E-state index >= 15 is 0 Å². The Hall–Kier alpha value is -1.39. The van der Waals surface area contributed by atoms with Crippen molar-refractivity contribution in [3.63, 3.8) is 0 Å². The predicted molar refractivity (Wildman–Crippen MR) is 44.9 cm³/mol. The van der Waals surface area contributed by atoms with Crippen LogP contribution in [0.4, 0.5) is 14.6 Å². The number of pyridine rings is 1. The minimum atomic E-state index is -2.55. The van der Waals surface area contributed by atoms with Gasteiger partial charge in [-0.15, -0.1) is 0 Å². The van der Waals surface area contributed by atoms with Crippen LogP contribution >= 0.6 is 0 Å². The van der Waals surface area contributed by atoms with E-state index in [9.17, 15) is 8.78 Å². The second-order valence-electron chi connectivity index (χ2n) is 2.56. The Morgan fingerprint density at radius 1 is 1.54 bits per heavy atom. The zero-order valence-corrected chi connectivity index (χ0v) is 7.34. The molecule has 0 aliphatic carbocycles. The Kier molecular flexibility index (Phi) is 2.65. The van der Waals surface area contributed by atoms with E-state index in [0.717, 1.165) is 6.20 Å². The molecule has 72 valence electrons. The smallest absolute Gasteiger partial charge is 0.265 e. The highest BCUT2D eigenvalue weighted by Crippen LogP contribution is 2.31. The molecule has 0 spiro atoms. The highest BCUT2D eigenvalue weighted by atomic mass is 19.3. The number of nitrogens with zero attached hydrogens (tertiary/aromatic N) is 1. The van der Waals surface area contributed by atoms with Gasteiger partial charge in [0.15, 0.2) is 11.6 Å². The average molecular weight is 188 g/mol. The van der Waals surface area contributed by atoms with Crippen LogP contribution in [0.3, 0.4) is 0 Å². The Morgan fingerprint density at radius 3 is 2.62 bits per heavy atom.